The molecule has 1 unspecified atom stereocenters. The Labute approximate surface area is 101 Å². The summed E-state index contributed by atoms with van der Waals surface area (Å²) in [6, 6.07) is 5.71. The van der Waals surface area contributed by atoms with Crippen molar-refractivity contribution in [2.24, 2.45) is 5.84 Å². The van der Waals surface area contributed by atoms with Crippen LogP contribution in [0.5, 0.6) is 11.5 Å². The van der Waals surface area contributed by atoms with Gasteiger partial charge in [0.05, 0.1) is 20.8 Å². The summed E-state index contributed by atoms with van der Waals surface area (Å²) in [7, 11) is 3.27. The van der Waals surface area contributed by atoms with Gasteiger partial charge in [0.15, 0.2) is 0 Å². The Morgan fingerprint density at radius 3 is 2.82 bits per heavy atom. The van der Waals surface area contributed by atoms with E-state index in [-0.39, 0.29) is 6.10 Å². The molecule has 5 heteroatoms. The first-order valence-electron chi connectivity index (χ1n) is 5.57. The maximum absolute atomic E-state index is 5.80. The Morgan fingerprint density at radius 1 is 1.35 bits per heavy atom. The summed E-state index contributed by atoms with van der Waals surface area (Å²) in [5.41, 5.74) is 1.00. The fourth-order valence-electron chi connectivity index (χ4n) is 1.94. The van der Waals surface area contributed by atoms with Crippen LogP contribution >= 0.6 is 0 Å². The van der Waals surface area contributed by atoms with Crippen molar-refractivity contribution in [3.05, 3.63) is 23.8 Å². The van der Waals surface area contributed by atoms with Crippen molar-refractivity contribution in [1.82, 2.24) is 5.01 Å². The van der Waals surface area contributed by atoms with E-state index in [9.17, 15) is 0 Å². The lowest BCUT2D eigenvalue weighted by molar-refractivity contribution is -0.0313. The minimum absolute atomic E-state index is 0.0467. The average molecular weight is 238 g/mol. The number of nitrogens with zero attached hydrogens (tertiary/aromatic N) is 1. The molecule has 0 amide bonds. The van der Waals surface area contributed by atoms with Crippen LogP contribution in [0.3, 0.4) is 0 Å². The number of hydrogen-bond acceptors (Lipinski definition) is 5. The molecular weight excluding hydrogens is 220 g/mol. The van der Waals surface area contributed by atoms with E-state index in [0.717, 1.165) is 23.6 Å². The molecule has 17 heavy (non-hydrogen) atoms. The van der Waals surface area contributed by atoms with Crippen LogP contribution in [0.4, 0.5) is 0 Å². The first-order chi connectivity index (χ1) is 8.24. The lowest BCUT2D eigenvalue weighted by Crippen LogP contribution is -2.42. The first-order valence-corrected chi connectivity index (χ1v) is 5.57. The van der Waals surface area contributed by atoms with E-state index in [1.165, 1.54) is 0 Å². The maximum Gasteiger partial charge on any atom is 0.128 e. The topological polar surface area (TPSA) is 57.0 Å². The van der Waals surface area contributed by atoms with Crippen molar-refractivity contribution in [2.75, 3.05) is 33.9 Å². The second-order valence-corrected chi connectivity index (χ2v) is 3.96. The van der Waals surface area contributed by atoms with Crippen LogP contribution in [0.2, 0.25) is 0 Å². The normalized spacial score (nSPS) is 21.2. The predicted octanol–water partition coefficient (Wildman–Crippen LogP) is 0.951. The maximum atomic E-state index is 5.80. The van der Waals surface area contributed by atoms with Gasteiger partial charge < -0.3 is 14.2 Å². The molecule has 1 saturated heterocycles. The van der Waals surface area contributed by atoms with Gasteiger partial charge in [-0.05, 0) is 12.1 Å². The van der Waals surface area contributed by atoms with Crippen molar-refractivity contribution >= 4 is 0 Å². The number of ether oxygens (including phenoxy) is 3. The molecule has 1 aromatic carbocycles. The zero-order valence-electron chi connectivity index (χ0n) is 10.2. The third-order valence-electron chi connectivity index (χ3n) is 2.89. The quantitative estimate of drug-likeness (QED) is 0.795. The summed E-state index contributed by atoms with van der Waals surface area (Å²) >= 11 is 0. The minimum atomic E-state index is -0.0467. The fourth-order valence-corrected chi connectivity index (χ4v) is 1.94. The number of nitrogens with two attached hydrogens (primary N) is 1. The van der Waals surface area contributed by atoms with Gasteiger partial charge in [0.2, 0.25) is 0 Å². The molecule has 2 rings (SSSR count). The monoisotopic (exact) mass is 238 g/mol. The summed E-state index contributed by atoms with van der Waals surface area (Å²) in [6.45, 7) is 2.06. The molecule has 0 aromatic heterocycles. The smallest absolute Gasteiger partial charge is 0.128 e. The minimum Gasteiger partial charge on any atom is -0.497 e. The molecule has 2 N–H and O–H groups in total. The van der Waals surface area contributed by atoms with Gasteiger partial charge in [0.1, 0.15) is 17.6 Å². The van der Waals surface area contributed by atoms with E-state index in [2.05, 4.69) is 0 Å². The van der Waals surface area contributed by atoms with Crippen molar-refractivity contribution in [1.29, 1.82) is 0 Å². The van der Waals surface area contributed by atoms with Crippen LogP contribution < -0.4 is 15.3 Å². The largest absolute Gasteiger partial charge is 0.497 e. The number of hydrazine groups is 1. The van der Waals surface area contributed by atoms with Gasteiger partial charge in [-0.1, -0.05) is 0 Å². The highest BCUT2D eigenvalue weighted by Gasteiger charge is 2.23. The standard InChI is InChI=1S/C12H18N2O3/c1-15-9-3-4-10(11(7-9)16-2)12-8-14(13)5-6-17-12/h3-4,7,12H,5-6,8,13H2,1-2H3. The Balaban J connectivity index is 2.24. The summed E-state index contributed by atoms with van der Waals surface area (Å²) in [4.78, 5) is 0. The third-order valence-corrected chi connectivity index (χ3v) is 2.89. The fraction of sp³-hybridized carbons (Fsp3) is 0.500. The average Bonchev–Trinajstić information content (AvgIpc) is 2.38. The molecule has 1 heterocycles. The molecule has 94 valence electrons. The molecule has 1 fully saturated rings. The number of hydrogen-bond donors (Lipinski definition) is 1. The molecule has 0 aliphatic carbocycles. The molecule has 0 spiro atoms. The van der Waals surface area contributed by atoms with E-state index in [0.29, 0.717) is 13.2 Å². The number of rotatable bonds is 3. The highest BCUT2D eigenvalue weighted by molar-refractivity contribution is 5.42. The van der Waals surface area contributed by atoms with E-state index < -0.39 is 0 Å². The van der Waals surface area contributed by atoms with Crippen molar-refractivity contribution in [3.8, 4) is 11.5 Å². The molecule has 0 radical (unpaired) electrons. The Bertz CT molecular complexity index is 384. The number of methoxy groups -OCH3 is 2. The zero-order valence-corrected chi connectivity index (χ0v) is 10.2. The van der Waals surface area contributed by atoms with Crippen molar-refractivity contribution in [2.45, 2.75) is 6.10 Å². The second kappa shape index (κ2) is 5.35. The van der Waals surface area contributed by atoms with Crippen LogP contribution in [0.15, 0.2) is 18.2 Å². The van der Waals surface area contributed by atoms with Gasteiger partial charge in [-0.25, -0.2) is 5.01 Å². The van der Waals surface area contributed by atoms with Gasteiger partial charge >= 0.3 is 0 Å². The Morgan fingerprint density at radius 2 is 2.18 bits per heavy atom. The summed E-state index contributed by atoms with van der Waals surface area (Å²) in [5.74, 6) is 7.34. The van der Waals surface area contributed by atoms with E-state index >= 15 is 0 Å². The van der Waals surface area contributed by atoms with E-state index in [1.54, 1.807) is 19.2 Å². The van der Waals surface area contributed by atoms with Crippen LogP contribution in [-0.2, 0) is 4.74 Å². The molecule has 0 bridgehead atoms. The first kappa shape index (κ1) is 12.2. The van der Waals surface area contributed by atoms with Crippen LogP contribution in [-0.4, -0.2) is 38.9 Å². The van der Waals surface area contributed by atoms with Crippen LogP contribution in [0.25, 0.3) is 0 Å². The van der Waals surface area contributed by atoms with E-state index in [1.807, 2.05) is 18.2 Å². The summed E-state index contributed by atoms with van der Waals surface area (Å²) in [5, 5.41) is 1.76. The molecule has 5 nitrogen and oxygen atoms in total. The van der Waals surface area contributed by atoms with Crippen LogP contribution in [0.1, 0.15) is 11.7 Å². The lowest BCUT2D eigenvalue weighted by atomic mass is 10.1. The predicted molar refractivity (Wildman–Crippen MR) is 64.0 cm³/mol. The van der Waals surface area contributed by atoms with Gasteiger partial charge in [0.25, 0.3) is 0 Å². The SMILES string of the molecule is COc1ccc(C2CN(N)CCO2)c(OC)c1. The Kier molecular flexibility index (Phi) is 3.83. The third kappa shape index (κ3) is 2.69. The molecule has 1 aromatic rings. The van der Waals surface area contributed by atoms with Gasteiger partial charge in [-0.3, -0.25) is 5.84 Å². The highest BCUT2D eigenvalue weighted by atomic mass is 16.5. The molecule has 1 atom stereocenters. The van der Waals surface area contributed by atoms with E-state index in [4.69, 9.17) is 20.1 Å². The van der Waals surface area contributed by atoms with Gasteiger partial charge in [0, 0.05) is 24.7 Å². The summed E-state index contributed by atoms with van der Waals surface area (Å²) in [6.07, 6.45) is -0.0467. The Hall–Kier alpha value is -1.30. The highest BCUT2D eigenvalue weighted by Crippen LogP contribution is 2.32. The molecule has 1 aliphatic rings. The molecular formula is C12H18N2O3. The summed E-state index contributed by atoms with van der Waals surface area (Å²) < 4.78 is 16.2. The molecule has 0 saturated carbocycles. The second-order valence-electron chi connectivity index (χ2n) is 3.96. The van der Waals surface area contributed by atoms with Crippen molar-refractivity contribution < 1.29 is 14.2 Å². The lowest BCUT2D eigenvalue weighted by Gasteiger charge is -2.30. The van der Waals surface area contributed by atoms with Crippen LogP contribution in [0, 0.1) is 0 Å². The number of benzene rings is 1. The zero-order chi connectivity index (χ0) is 12.3. The number of morpholine rings is 1. The molecule has 1 aliphatic heterocycles. The van der Waals surface area contributed by atoms with Crippen molar-refractivity contribution in [3.63, 3.8) is 0 Å². The van der Waals surface area contributed by atoms with Gasteiger partial charge in [-0.2, -0.15) is 0 Å². The van der Waals surface area contributed by atoms with Gasteiger partial charge in [-0.15, -0.1) is 0 Å².